The van der Waals surface area contributed by atoms with E-state index in [4.69, 9.17) is 5.11 Å². The number of carboxylic acid groups (broad SMARTS) is 1. The average molecular weight is 188 g/mol. The Balaban J connectivity index is 2.63. The lowest BCUT2D eigenvalue weighted by Crippen LogP contribution is -2.15. The van der Waals surface area contributed by atoms with Crippen molar-refractivity contribution in [2.75, 3.05) is 5.75 Å². The molecule has 0 fully saturated rings. The Morgan fingerprint density at radius 3 is 2.92 bits per heavy atom. The Bertz CT molecular complexity index is 250. The van der Waals surface area contributed by atoms with E-state index >= 15 is 0 Å². The predicted octanol–water partition coefficient (Wildman–Crippen LogP) is -0.381. The van der Waals surface area contributed by atoms with Crippen molar-refractivity contribution in [3.63, 3.8) is 0 Å². The summed E-state index contributed by atoms with van der Waals surface area (Å²) in [5.41, 5.74) is 0. The van der Waals surface area contributed by atoms with Crippen LogP contribution in [0.15, 0.2) is 6.33 Å². The third kappa shape index (κ3) is 2.19. The van der Waals surface area contributed by atoms with Crippen LogP contribution in [0.2, 0.25) is 0 Å². The molecule has 1 unspecified atom stereocenters. The highest BCUT2D eigenvalue weighted by molar-refractivity contribution is 7.80. The topological polar surface area (TPSA) is 80.9 Å². The second-order valence-electron chi connectivity index (χ2n) is 2.22. The summed E-state index contributed by atoms with van der Waals surface area (Å²) in [6.07, 6.45) is 1.36. The number of nitrogens with zero attached hydrogens (tertiary/aromatic N) is 4. The number of thiol groups is 1. The van der Waals surface area contributed by atoms with E-state index in [9.17, 15) is 4.79 Å². The van der Waals surface area contributed by atoms with Gasteiger partial charge in [0.2, 0.25) is 0 Å². The summed E-state index contributed by atoms with van der Waals surface area (Å²) >= 11 is 4.00. The van der Waals surface area contributed by atoms with Crippen molar-refractivity contribution in [2.45, 2.75) is 12.5 Å². The molecule has 1 N–H and O–H groups in total. The van der Waals surface area contributed by atoms with Gasteiger partial charge in [-0.25, -0.2) is 4.68 Å². The second kappa shape index (κ2) is 4.05. The van der Waals surface area contributed by atoms with Crippen molar-refractivity contribution < 1.29 is 9.90 Å². The van der Waals surface area contributed by atoms with Gasteiger partial charge in [-0.2, -0.15) is 12.6 Å². The van der Waals surface area contributed by atoms with Crippen molar-refractivity contribution in [3.05, 3.63) is 6.33 Å². The largest absolute Gasteiger partial charge is 0.481 e. The molecule has 12 heavy (non-hydrogen) atoms. The summed E-state index contributed by atoms with van der Waals surface area (Å²) < 4.78 is 1.39. The molecule has 1 aromatic rings. The number of carbonyl (C=O) groups is 1. The van der Waals surface area contributed by atoms with E-state index in [2.05, 4.69) is 28.2 Å². The van der Waals surface area contributed by atoms with Gasteiger partial charge in [0, 0.05) is 5.75 Å². The molecule has 1 rings (SSSR count). The third-order valence-electron chi connectivity index (χ3n) is 1.36. The minimum absolute atomic E-state index is 0.0193. The highest BCUT2D eigenvalue weighted by Crippen LogP contribution is 2.09. The molecule has 0 radical (unpaired) electrons. The number of rotatable bonds is 4. The summed E-state index contributed by atoms with van der Waals surface area (Å²) in [4.78, 5) is 10.3. The number of hydrogen-bond donors (Lipinski definition) is 2. The Hall–Kier alpha value is -1.11. The van der Waals surface area contributed by atoms with E-state index in [1.54, 1.807) is 0 Å². The molecule has 0 saturated heterocycles. The first-order valence-corrected chi connectivity index (χ1v) is 3.92. The molecule has 0 aliphatic carbocycles. The van der Waals surface area contributed by atoms with Crippen LogP contribution < -0.4 is 0 Å². The van der Waals surface area contributed by atoms with E-state index in [1.807, 2.05) is 0 Å². The van der Waals surface area contributed by atoms with E-state index in [0.717, 1.165) is 0 Å². The smallest absolute Gasteiger partial charge is 0.305 e. The molecule has 0 aliphatic heterocycles. The van der Waals surface area contributed by atoms with E-state index in [0.29, 0.717) is 5.75 Å². The first-order chi connectivity index (χ1) is 5.74. The summed E-state index contributed by atoms with van der Waals surface area (Å²) in [5, 5.41) is 18.9. The molecule has 7 heteroatoms. The van der Waals surface area contributed by atoms with Crippen molar-refractivity contribution >= 4 is 18.6 Å². The SMILES string of the molecule is O=C(O)CC(CS)n1cnnn1. The highest BCUT2D eigenvalue weighted by Gasteiger charge is 2.13. The van der Waals surface area contributed by atoms with Crippen molar-refractivity contribution in [1.82, 2.24) is 20.2 Å². The molecule has 0 saturated carbocycles. The zero-order valence-corrected chi connectivity index (χ0v) is 7.05. The standard InChI is InChI=1S/C5H8N4O2S/c10-5(11)1-4(2-12)9-3-6-7-8-9/h3-4,12H,1-2H2,(H,10,11). The van der Waals surface area contributed by atoms with E-state index < -0.39 is 5.97 Å². The van der Waals surface area contributed by atoms with Gasteiger partial charge in [-0.1, -0.05) is 0 Å². The maximum atomic E-state index is 10.3. The lowest BCUT2D eigenvalue weighted by molar-refractivity contribution is -0.137. The van der Waals surface area contributed by atoms with Crippen LogP contribution in [0.4, 0.5) is 0 Å². The van der Waals surface area contributed by atoms with E-state index in [-0.39, 0.29) is 12.5 Å². The molecule has 0 aromatic carbocycles. The zero-order chi connectivity index (χ0) is 8.97. The van der Waals surface area contributed by atoms with Crippen molar-refractivity contribution in [1.29, 1.82) is 0 Å². The summed E-state index contributed by atoms with van der Waals surface area (Å²) in [5.74, 6) is -0.485. The number of aromatic nitrogens is 4. The summed E-state index contributed by atoms with van der Waals surface area (Å²) in [7, 11) is 0. The normalized spacial score (nSPS) is 12.8. The van der Waals surface area contributed by atoms with Crippen LogP contribution in [0, 0.1) is 0 Å². The lowest BCUT2D eigenvalue weighted by atomic mass is 10.2. The zero-order valence-electron chi connectivity index (χ0n) is 6.16. The molecular formula is C5H8N4O2S. The maximum Gasteiger partial charge on any atom is 0.305 e. The predicted molar refractivity (Wildman–Crippen MR) is 43.0 cm³/mol. The highest BCUT2D eigenvalue weighted by atomic mass is 32.1. The Labute approximate surface area is 74.0 Å². The molecule has 6 nitrogen and oxygen atoms in total. The molecule has 0 spiro atoms. The average Bonchev–Trinajstić information content (AvgIpc) is 2.51. The second-order valence-corrected chi connectivity index (χ2v) is 2.59. The molecule has 1 atom stereocenters. The minimum atomic E-state index is -0.885. The number of aliphatic carboxylic acids is 1. The molecule has 0 aliphatic rings. The number of carboxylic acids is 1. The summed E-state index contributed by atoms with van der Waals surface area (Å²) in [6.45, 7) is 0. The number of tetrazole rings is 1. The molecule has 1 heterocycles. The van der Waals surface area contributed by atoms with Crippen LogP contribution >= 0.6 is 12.6 Å². The number of hydrogen-bond acceptors (Lipinski definition) is 5. The maximum absolute atomic E-state index is 10.3. The van der Waals surface area contributed by atoms with Gasteiger partial charge in [-0.3, -0.25) is 4.79 Å². The van der Waals surface area contributed by atoms with Crippen LogP contribution in [0.1, 0.15) is 12.5 Å². The Morgan fingerprint density at radius 1 is 1.75 bits per heavy atom. The van der Waals surface area contributed by atoms with Crippen LogP contribution in [-0.2, 0) is 4.79 Å². The van der Waals surface area contributed by atoms with Gasteiger partial charge in [0.1, 0.15) is 6.33 Å². The third-order valence-corrected chi connectivity index (χ3v) is 1.78. The van der Waals surface area contributed by atoms with Crippen LogP contribution in [0.3, 0.4) is 0 Å². The summed E-state index contributed by atoms with van der Waals surface area (Å²) in [6, 6.07) is -0.277. The van der Waals surface area contributed by atoms with Gasteiger partial charge in [0.05, 0.1) is 12.5 Å². The molecule has 1 aromatic heterocycles. The first-order valence-electron chi connectivity index (χ1n) is 3.29. The first kappa shape index (κ1) is 8.98. The van der Waals surface area contributed by atoms with Crippen LogP contribution in [0.25, 0.3) is 0 Å². The van der Waals surface area contributed by atoms with Gasteiger partial charge in [-0.05, 0) is 10.4 Å². The molecule has 66 valence electrons. The fraction of sp³-hybridized carbons (Fsp3) is 0.600. The fourth-order valence-corrected chi connectivity index (χ4v) is 1.08. The Morgan fingerprint density at radius 2 is 2.50 bits per heavy atom. The van der Waals surface area contributed by atoms with Gasteiger partial charge >= 0.3 is 5.97 Å². The van der Waals surface area contributed by atoms with Crippen molar-refractivity contribution in [3.8, 4) is 0 Å². The molecule has 0 amide bonds. The molecular weight excluding hydrogens is 180 g/mol. The van der Waals surface area contributed by atoms with Gasteiger partial charge in [0.15, 0.2) is 0 Å². The van der Waals surface area contributed by atoms with Crippen LogP contribution in [0.5, 0.6) is 0 Å². The molecule has 0 bridgehead atoms. The van der Waals surface area contributed by atoms with Crippen molar-refractivity contribution in [2.24, 2.45) is 0 Å². The van der Waals surface area contributed by atoms with Gasteiger partial charge in [0.25, 0.3) is 0 Å². The fourth-order valence-electron chi connectivity index (χ4n) is 0.779. The van der Waals surface area contributed by atoms with E-state index in [1.165, 1.54) is 11.0 Å². The quantitative estimate of drug-likeness (QED) is 0.629. The van der Waals surface area contributed by atoms with Gasteiger partial charge < -0.3 is 5.11 Å². The van der Waals surface area contributed by atoms with Crippen LogP contribution in [-0.4, -0.2) is 37.0 Å². The van der Waals surface area contributed by atoms with Gasteiger partial charge in [-0.15, -0.1) is 5.10 Å². The monoisotopic (exact) mass is 188 g/mol. The Kier molecular flexibility index (Phi) is 3.03. The minimum Gasteiger partial charge on any atom is -0.481 e. The lowest BCUT2D eigenvalue weighted by Gasteiger charge is -2.09.